The van der Waals surface area contributed by atoms with Gasteiger partial charge in [-0.1, -0.05) is 38.0 Å². The molecule has 2 aromatic rings. The van der Waals surface area contributed by atoms with E-state index >= 15 is 0 Å². The molecular weight excluding hydrogens is 450 g/mol. The van der Waals surface area contributed by atoms with Gasteiger partial charge in [-0.3, -0.25) is 0 Å². The van der Waals surface area contributed by atoms with Crippen LogP contribution in [0.15, 0.2) is 54.6 Å². The van der Waals surface area contributed by atoms with Gasteiger partial charge >= 0.3 is 11.9 Å². The minimum atomic E-state index is -1.82. The van der Waals surface area contributed by atoms with Crippen molar-refractivity contribution in [2.24, 2.45) is 5.92 Å². The van der Waals surface area contributed by atoms with E-state index in [1.807, 2.05) is 61.7 Å². The van der Waals surface area contributed by atoms with Crippen LogP contribution in [0.3, 0.4) is 0 Å². The van der Waals surface area contributed by atoms with Crippen molar-refractivity contribution >= 4 is 11.9 Å². The van der Waals surface area contributed by atoms with Crippen LogP contribution in [0.2, 0.25) is 0 Å². The number of carboxylic acids is 2. The molecule has 1 fully saturated rings. The van der Waals surface area contributed by atoms with Crippen LogP contribution in [0.1, 0.15) is 39.0 Å². The largest absolute Gasteiger partial charge is 0.494 e. The van der Waals surface area contributed by atoms with Gasteiger partial charge in [0.1, 0.15) is 17.2 Å². The molecule has 2 aromatic carbocycles. The minimum absolute atomic E-state index is 0.315. The molecule has 1 heterocycles. The molecular formula is C27H37NO7. The summed E-state index contributed by atoms with van der Waals surface area (Å²) in [5.41, 5.74) is 0. The molecule has 2 N–H and O–H groups in total. The topological polar surface area (TPSA) is 106 Å². The lowest BCUT2D eigenvalue weighted by molar-refractivity contribution is -0.159. The summed E-state index contributed by atoms with van der Waals surface area (Å²) in [5.74, 6) is -0.532. The van der Waals surface area contributed by atoms with Gasteiger partial charge in [-0.15, -0.1) is 0 Å². The molecule has 0 spiro atoms. The third kappa shape index (κ3) is 10.8. The van der Waals surface area contributed by atoms with Crippen molar-refractivity contribution in [1.29, 1.82) is 0 Å². The van der Waals surface area contributed by atoms with E-state index in [1.165, 1.54) is 38.8 Å². The number of likely N-dealkylation sites (tertiary alicyclic amines) is 1. The Balaban J connectivity index is 0.000000641. The van der Waals surface area contributed by atoms with Gasteiger partial charge in [0.15, 0.2) is 0 Å². The maximum Gasteiger partial charge on any atom is 0.414 e. The van der Waals surface area contributed by atoms with Crippen LogP contribution in [0.4, 0.5) is 0 Å². The molecule has 1 aliphatic heterocycles. The number of hydrogen-bond acceptors (Lipinski definition) is 6. The Bertz CT molecular complexity index is 861. The Labute approximate surface area is 207 Å². The van der Waals surface area contributed by atoms with Gasteiger partial charge in [0.2, 0.25) is 0 Å². The average Bonchev–Trinajstić information content (AvgIpc) is 2.87. The van der Waals surface area contributed by atoms with Crippen molar-refractivity contribution in [2.45, 2.75) is 45.1 Å². The molecule has 0 aromatic heterocycles. The van der Waals surface area contributed by atoms with Gasteiger partial charge in [0, 0.05) is 13.7 Å². The van der Waals surface area contributed by atoms with Crippen LogP contribution >= 0.6 is 0 Å². The molecule has 8 nitrogen and oxygen atoms in total. The number of methoxy groups -OCH3 is 1. The average molecular weight is 488 g/mol. The lowest BCUT2D eigenvalue weighted by Crippen LogP contribution is -2.45. The van der Waals surface area contributed by atoms with Crippen LogP contribution in [-0.4, -0.2) is 66.5 Å². The number of ether oxygens (including phenoxy) is 3. The highest BCUT2D eigenvalue weighted by molar-refractivity contribution is 6.27. The first-order valence-corrected chi connectivity index (χ1v) is 12.1. The highest BCUT2D eigenvalue weighted by Crippen LogP contribution is 2.26. The first kappa shape index (κ1) is 28.1. The lowest BCUT2D eigenvalue weighted by Gasteiger charge is -2.37. The van der Waals surface area contributed by atoms with Crippen molar-refractivity contribution in [3.8, 4) is 17.2 Å². The highest BCUT2D eigenvalue weighted by atomic mass is 16.5. The Hall–Kier alpha value is -3.10. The molecule has 0 saturated carbocycles. The van der Waals surface area contributed by atoms with Gasteiger partial charge in [-0.05, 0) is 74.7 Å². The second kappa shape index (κ2) is 15.7. The van der Waals surface area contributed by atoms with E-state index in [-0.39, 0.29) is 0 Å². The normalized spacial score (nSPS) is 17.7. The zero-order valence-corrected chi connectivity index (χ0v) is 20.6. The standard InChI is InChI=1S/C25H35NO3.C2H2O4/c1-3-4-8-17-26-18-15-21(25(20-26)27-2)16-19-28-22-11-13-24(14-12-22)29-23-9-6-5-7-10-23;3-1(4)2(5)6/h5-7,9-14,21,25H,3-4,8,15-20H2,1-2H3;(H,3,4)(H,5,6)/t21-,25+;/m0./s1. The number of piperidine rings is 1. The number of unbranched alkanes of at least 4 members (excludes halogenated alkanes) is 2. The molecule has 192 valence electrons. The van der Waals surface area contributed by atoms with Crippen LogP contribution in [0.5, 0.6) is 17.2 Å². The fourth-order valence-electron chi connectivity index (χ4n) is 3.97. The summed E-state index contributed by atoms with van der Waals surface area (Å²) in [7, 11) is 1.85. The maximum absolute atomic E-state index is 9.10. The third-order valence-corrected chi connectivity index (χ3v) is 5.90. The predicted molar refractivity (Wildman–Crippen MR) is 133 cm³/mol. The summed E-state index contributed by atoms with van der Waals surface area (Å²) in [6.45, 7) is 6.41. The zero-order valence-electron chi connectivity index (χ0n) is 20.6. The highest BCUT2D eigenvalue weighted by Gasteiger charge is 2.28. The van der Waals surface area contributed by atoms with Crippen LogP contribution < -0.4 is 9.47 Å². The number of rotatable bonds is 11. The Morgan fingerprint density at radius 2 is 1.57 bits per heavy atom. The van der Waals surface area contributed by atoms with E-state index in [0.29, 0.717) is 12.0 Å². The maximum atomic E-state index is 9.10. The van der Waals surface area contributed by atoms with Crippen molar-refractivity contribution in [3.05, 3.63) is 54.6 Å². The second-order valence-corrected chi connectivity index (χ2v) is 8.46. The number of para-hydroxylation sites is 1. The predicted octanol–water partition coefficient (Wildman–Crippen LogP) is 4.93. The first-order chi connectivity index (χ1) is 16.9. The van der Waals surface area contributed by atoms with E-state index in [4.69, 9.17) is 34.0 Å². The van der Waals surface area contributed by atoms with Gasteiger partial charge in [0.05, 0.1) is 12.7 Å². The minimum Gasteiger partial charge on any atom is -0.494 e. The fraction of sp³-hybridized carbons (Fsp3) is 0.481. The number of carbonyl (C=O) groups is 2. The van der Waals surface area contributed by atoms with E-state index < -0.39 is 11.9 Å². The molecule has 8 heteroatoms. The van der Waals surface area contributed by atoms with Crippen LogP contribution in [0.25, 0.3) is 0 Å². The number of benzene rings is 2. The summed E-state index contributed by atoms with van der Waals surface area (Å²) in [5, 5.41) is 14.8. The first-order valence-electron chi connectivity index (χ1n) is 12.1. The molecule has 0 amide bonds. The number of hydrogen-bond donors (Lipinski definition) is 2. The molecule has 0 bridgehead atoms. The Kier molecular flexibility index (Phi) is 12.7. The zero-order chi connectivity index (χ0) is 25.5. The summed E-state index contributed by atoms with van der Waals surface area (Å²) < 4.78 is 17.6. The third-order valence-electron chi connectivity index (χ3n) is 5.90. The molecule has 1 saturated heterocycles. The van der Waals surface area contributed by atoms with Crippen molar-refractivity contribution < 1.29 is 34.0 Å². The summed E-state index contributed by atoms with van der Waals surface area (Å²) in [6, 6.07) is 17.7. The SMILES string of the molecule is CCCCCN1CC[C@@H](CCOc2ccc(Oc3ccccc3)cc2)[C@H](OC)C1.O=C(O)C(=O)O. The fourth-order valence-corrected chi connectivity index (χ4v) is 3.97. The number of carboxylic acid groups (broad SMARTS) is 2. The number of nitrogens with zero attached hydrogens (tertiary/aromatic N) is 1. The molecule has 3 rings (SSSR count). The number of aliphatic carboxylic acids is 2. The van der Waals surface area contributed by atoms with Crippen LogP contribution in [0, 0.1) is 5.92 Å². The summed E-state index contributed by atoms with van der Waals surface area (Å²) in [4.78, 5) is 20.8. The summed E-state index contributed by atoms with van der Waals surface area (Å²) >= 11 is 0. The Morgan fingerprint density at radius 1 is 0.943 bits per heavy atom. The smallest absolute Gasteiger partial charge is 0.414 e. The van der Waals surface area contributed by atoms with Gasteiger partial charge in [-0.2, -0.15) is 0 Å². The lowest BCUT2D eigenvalue weighted by atomic mass is 9.91. The molecule has 0 unspecified atom stereocenters. The molecule has 1 aliphatic rings. The monoisotopic (exact) mass is 487 g/mol. The molecule has 0 aliphatic carbocycles. The Morgan fingerprint density at radius 3 is 2.17 bits per heavy atom. The second-order valence-electron chi connectivity index (χ2n) is 8.46. The molecule has 35 heavy (non-hydrogen) atoms. The van der Waals surface area contributed by atoms with E-state index in [9.17, 15) is 0 Å². The van der Waals surface area contributed by atoms with Gasteiger partial charge in [-0.25, -0.2) is 9.59 Å². The van der Waals surface area contributed by atoms with E-state index in [0.717, 1.165) is 36.8 Å². The molecule has 0 radical (unpaired) electrons. The van der Waals surface area contributed by atoms with Crippen molar-refractivity contribution in [3.63, 3.8) is 0 Å². The van der Waals surface area contributed by atoms with E-state index in [1.54, 1.807) is 0 Å². The van der Waals surface area contributed by atoms with E-state index in [2.05, 4.69) is 11.8 Å². The van der Waals surface area contributed by atoms with Gasteiger partial charge < -0.3 is 29.3 Å². The van der Waals surface area contributed by atoms with Crippen molar-refractivity contribution in [2.75, 3.05) is 33.4 Å². The van der Waals surface area contributed by atoms with Crippen LogP contribution in [-0.2, 0) is 14.3 Å². The summed E-state index contributed by atoms with van der Waals surface area (Å²) in [6.07, 6.45) is 6.43. The molecule has 2 atom stereocenters. The van der Waals surface area contributed by atoms with Gasteiger partial charge in [0.25, 0.3) is 0 Å². The quantitative estimate of drug-likeness (QED) is 0.340. The van der Waals surface area contributed by atoms with Crippen molar-refractivity contribution in [1.82, 2.24) is 4.90 Å².